The number of hydrogen-bond acceptors (Lipinski definition) is 7. The summed E-state index contributed by atoms with van der Waals surface area (Å²) in [5.41, 5.74) is 0.687. The second kappa shape index (κ2) is 5.80. The van der Waals surface area contributed by atoms with Crippen LogP contribution < -0.4 is 14.2 Å². The van der Waals surface area contributed by atoms with E-state index in [9.17, 15) is 8.42 Å². The number of benzene rings is 1. The Kier molecular flexibility index (Phi) is 3.96. The van der Waals surface area contributed by atoms with Gasteiger partial charge in [-0.3, -0.25) is 0 Å². The molecular weight excluding hydrogens is 324 g/mol. The topological polar surface area (TPSA) is 107 Å². The van der Waals surface area contributed by atoms with E-state index in [1.54, 1.807) is 25.1 Å². The van der Waals surface area contributed by atoms with E-state index in [0.717, 1.165) is 4.31 Å². The summed E-state index contributed by atoms with van der Waals surface area (Å²) < 4.78 is 42.8. The van der Waals surface area contributed by atoms with Gasteiger partial charge in [-0.15, -0.1) is 0 Å². The Hall–Kier alpha value is -2.17. The van der Waals surface area contributed by atoms with Crippen LogP contribution >= 0.6 is 0 Å². The first-order valence-electron chi connectivity index (χ1n) is 6.80. The third-order valence-corrected chi connectivity index (χ3v) is 4.86. The van der Waals surface area contributed by atoms with Gasteiger partial charge < -0.3 is 14.0 Å². The fourth-order valence-electron chi connectivity index (χ4n) is 1.94. The SMILES string of the molecule is C[C@H](NS(=O)(=O)N(C)C)c1nc(-c2ccc3c(c2)OCO3)no1. The number of nitrogens with one attached hydrogen (secondary N) is 1. The lowest BCUT2D eigenvalue weighted by Gasteiger charge is -2.14. The van der Waals surface area contributed by atoms with Crippen LogP contribution in [0.3, 0.4) is 0 Å². The molecule has 3 rings (SSSR count). The molecule has 0 aliphatic carbocycles. The van der Waals surface area contributed by atoms with Gasteiger partial charge >= 0.3 is 0 Å². The first-order chi connectivity index (χ1) is 10.9. The summed E-state index contributed by atoms with van der Waals surface area (Å²) in [5, 5.41) is 3.88. The normalized spacial score (nSPS) is 15.1. The van der Waals surface area contributed by atoms with E-state index in [4.69, 9.17) is 14.0 Å². The highest BCUT2D eigenvalue weighted by Gasteiger charge is 2.23. The molecule has 0 unspecified atom stereocenters. The highest BCUT2D eigenvalue weighted by molar-refractivity contribution is 7.87. The van der Waals surface area contributed by atoms with Gasteiger partial charge in [0.15, 0.2) is 11.5 Å². The van der Waals surface area contributed by atoms with Gasteiger partial charge in [0.1, 0.15) is 0 Å². The molecule has 1 aliphatic rings. The number of rotatable bonds is 5. The van der Waals surface area contributed by atoms with Crippen LogP contribution in [0.1, 0.15) is 18.9 Å². The molecule has 1 aromatic carbocycles. The van der Waals surface area contributed by atoms with E-state index in [1.807, 2.05) is 0 Å². The summed E-state index contributed by atoms with van der Waals surface area (Å²) in [6.07, 6.45) is 0. The van der Waals surface area contributed by atoms with E-state index in [-0.39, 0.29) is 12.7 Å². The van der Waals surface area contributed by atoms with Crippen molar-refractivity contribution in [2.45, 2.75) is 13.0 Å². The number of ether oxygens (including phenoxy) is 2. The fourth-order valence-corrected chi connectivity index (χ4v) is 2.70. The van der Waals surface area contributed by atoms with E-state index in [0.29, 0.717) is 22.9 Å². The summed E-state index contributed by atoms with van der Waals surface area (Å²) in [4.78, 5) is 4.23. The minimum Gasteiger partial charge on any atom is -0.454 e. The zero-order valence-electron chi connectivity index (χ0n) is 12.8. The molecule has 124 valence electrons. The summed E-state index contributed by atoms with van der Waals surface area (Å²) >= 11 is 0. The first kappa shape index (κ1) is 15.7. The van der Waals surface area contributed by atoms with Crippen molar-refractivity contribution in [3.8, 4) is 22.9 Å². The lowest BCUT2D eigenvalue weighted by Crippen LogP contribution is -2.37. The zero-order chi connectivity index (χ0) is 16.6. The van der Waals surface area contributed by atoms with E-state index >= 15 is 0 Å². The van der Waals surface area contributed by atoms with Crippen LogP contribution in [-0.2, 0) is 10.2 Å². The van der Waals surface area contributed by atoms with Crippen LogP contribution in [0.2, 0.25) is 0 Å². The molecule has 0 amide bonds. The van der Waals surface area contributed by atoms with Gasteiger partial charge in [0.25, 0.3) is 10.2 Å². The summed E-state index contributed by atoms with van der Waals surface area (Å²) in [5.74, 6) is 1.78. The van der Waals surface area contributed by atoms with Crippen molar-refractivity contribution >= 4 is 10.2 Å². The van der Waals surface area contributed by atoms with Crippen LogP contribution in [0, 0.1) is 0 Å². The minimum atomic E-state index is -3.59. The average molecular weight is 340 g/mol. The van der Waals surface area contributed by atoms with Gasteiger partial charge in [-0.1, -0.05) is 5.16 Å². The van der Waals surface area contributed by atoms with E-state index in [2.05, 4.69) is 14.9 Å². The van der Waals surface area contributed by atoms with Crippen molar-refractivity contribution in [2.75, 3.05) is 20.9 Å². The molecule has 2 aromatic rings. The van der Waals surface area contributed by atoms with Gasteiger partial charge in [-0.2, -0.15) is 22.4 Å². The molecule has 0 saturated heterocycles. The van der Waals surface area contributed by atoms with Crippen molar-refractivity contribution in [1.82, 2.24) is 19.2 Å². The van der Waals surface area contributed by atoms with Gasteiger partial charge in [0, 0.05) is 19.7 Å². The fraction of sp³-hybridized carbons (Fsp3) is 0.385. The smallest absolute Gasteiger partial charge is 0.279 e. The van der Waals surface area contributed by atoms with Crippen LogP contribution in [-0.4, -0.2) is 43.8 Å². The molecule has 0 spiro atoms. The maximum absolute atomic E-state index is 11.8. The average Bonchev–Trinajstić information content (AvgIpc) is 3.15. The third-order valence-electron chi connectivity index (χ3n) is 3.25. The number of fused-ring (bicyclic) bond motifs is 1. The lowest BCUT2D eigenvalue weighted by molar-refractivity contribution is 0.174. The van der Waals surface area contributed by atoms with Crippen molar-refractivity contribution in [3.63, 3.8) is 0 Å². The number of hydrogen-bond donors (Lipinski definition) is 1. The molecule has 1 N–H and O–H groups in total. The Morgan fingerprint density at radius 3 is 2.74 bits per heavy atom. The summed E-state index contributed by atoms with van der Waals surface area (Å²) in [6.45, 7) is 1.80. The standard InChI is InChI=1S/C13H16N4O5S/c1-8(16-23(18,19)17(2)3)13-14-12(15-22-13)9-4-5-10-11(6-9)21-7-20-10/h4-6,8,16H,7H2,1-3H3/t8-/m0/s1. The first-order valence-corrected chi connectivity index (χ1v) is 8.24. The molecule has 2 heterocycles. The highest BCUT2D eigenvalue weighted by Crippen LogP contribution is 2.35. The molecule has 1 aliphatic heterocycles. The summed E-state index contributed by atoms with van der Waals surface area (Å²) in [7, 11) is -0.727. The van der Waals surface area contributed by atoms with Gasteiger partial charge in [-0.25, -0.2) is 0 Å². The van der Waals surface area contributed by atoms with Crippen LogP contribution in [0.15, 0.2) is 22.7 Å². The lowest BCUT2D eigenvalue weighted by atomic mass is 10.2. The van der Waals surface area contributed by atoms with Crippen LogP contribution in [0.25, 0.3) is 11.4 Å². The molecule has 0 radical (unpaired) electrons. The molecular formula is C13H16N4O5S. The van der Waals surface area contributed by atoms with Gasteiger partial charge in [-0.05, 0) is 25.1 Å². The van der Waals surface area contributed by atoms with E-state index < -0.39 is 16.3 Å². The molecule has 9 nitrogen and oxygen atoms in total. The number of nitrogens with zero attached hydrogens (tertiary/aromatic N) is 3. The third kappa shape index (κ3) is 3.14. The number of aromatic nitrogens is 2. The molecule has 10 heteroatoms. The molecule has 0 bridgehead atoms. The Balaban J connectivity index is 1.80. The Bertz CT molecular complexity index is 818. The van der Waals surface area contributed by atoms with Crippen molar-refractivity contribution in [3.05, 3.63) is 24.1 Å². The second-order valence-electron chi connectivity index (χ2n) is 5.15. The monoisotopic (exact) mass is 340 g/mol. The van der Waals surface area contributed by atoms with Crippen LogP contribution in [0.4, 0.5) is 0 Å². The maximum atomic E-state index is 11.8. The molecule has 0 fully saturated rings. The van der Waals surface area contributed by atoms with Gasteiger partial charge in [0.2, 0.25) is 18.5 Å². The molecule has 23 heavy (non-hydrogen) atoms. The molecule has 1 aromatic heterocycles. The molecule has 0 saturated carbocycles. The minimum absolute atomic E-state index is 0.170. The highest BCUT2D eigenvalue weighted by atomic mass is 32.2. The second-order valence-corrected chi connectivity index (χ2v) is 7.07. The zero-order valence-corrected chi connectivity index (χ0v) is 13.6. The Morgan fingerprint density at radius 1 is 1.26 bits per heavy atom. The van der Waals surface area contributed by atoms with Crippen molar-refractivity contribution < 1.29 is 22.4 Å². The Morgan fingerprint density at radius 2 is 2.00 bits per heavy atom. The quantitative estimate of drug-likeness (QED) is 0.862. The largest absolute Gasteiger partial charge is 0.454 e. The predicted octanol–water partition coefficient (Wildman–Crippen LogP) is 0.922. The summed E-state index contributed by atoms with van der Waals surface area (Å²) in [6, 6.07) is 4.62. The van der Waals surface area contributed by atoms with Crippen molar-refractivity contribution in [2.24, 2.45) is 0 Å². The van der Waals surface area contributed by atoms with Crippen LogP contribution in [0.5, 0.6) is 11.5 Å². The van der Waals surface area contributed by atoms with Gasteiger partial charge in [0.05, 0.1) is 6.04 Å². The van der Waals surface area contributed by atoms with Crippen molar-refractivity contribution in [1.29, 1.82) is 0 Å². The predicted molar refractivity (Wildman–Crippen MR) is 80.0 cm³/mol. The molecule has 1 atom stereocenters. The maximum Gasteiger partial charge on any atom is 0.279 e. The van der Waals surface area contributed by atoms with E-state index in [1.165, 1.54) is 14.1 Å². The Labute approximate surface area is 133 Å².